The summed E-state index contributed by atoms with van der Waals surface area (Å²) in [6.07, 6.45) is 13.2. The van der Waals surface area contributed by atoms with Crippen LogP contribution in [0.3, 0.4) is 0 Å². The minimum absolute atomic E-state index is 0.0763. The number of carbonyl (C=O) groups is 1. The number of ether oxygens (including phenoxy) is 2. The molecule has 0 aromatic heterocycles. The lowest BCUT2D eigenvalue weighted by molar-refractivity contribution is -0.131. The van der Waals surface area contributed by atoms with Gasteiger partial charge in [-0.25, -0.2) is 4.79 Å². The third-order valence-electron chi connectivity index (χ3n) is 12.3. The molecular weight excluding hydrogens is 456 g/mol. The first-order valence-electron chi connectivity index (χ1n) is 15.3. The van der Waals surface area contributed by atoms with E-state index in [-0.39, 0.29) is 12.1 Å². The fourth-order valence-electron chi connectivity index (χ4n) is 10.5. The van der Waals surface area contributed by atoms with Gasteiger partial charge in [0.1, 0.15) is 6.10 Å². The van der Waals surface area contributed by atoms with Crippen LogP contribution in [0.25, 0.3) is 0 Å². The van der Waals surface area contributed by atoms with Crippen molar-refractivity contribution in [3.63, 3.8) is 0 Å². The number of allylic oxidation sites excluding steroid dienone is 1. The molecule has 0 spiro atoms. The second-order valence-electron chi connectivity index (χ2n) is 14.2. The molecule has 1 aromatic rings. The predicted molar refractivity (Wildman–Crippen MR) is 148 cm³/mol. The maximum atomic E-state index is 12.7. The number of benzene rings is 1. The van der Waals surface area contributed by atoms with E-state index in [4.69, 9.17) is 9.47 Å². The molecule has 11 atom stereocenters. The van der Waals surface area contributed by atoms with Crippen molar-refractivity contribution in [3.05, 3.63) is 48.0 Å². The molecule has 6 rings (SSSR count). The van der Waals surface area contributed by atoms with Crippen molar-refractivity contribution in [2.75, 3.05) is 0 Å². The van der Waals surface area contributed by atoms with Gasteiger partial charge in [0.25, 0.3) is 0 Å². The SMILES string of the molecule is C=C(C)CCC1O[C@H]2C[C@H]3[C@@H]4CCC5CC(OC(=O)c6ccccc6)CC[C@]5(C)[C@H]4CC[C@]3(C)[C@H]2[C@@H]1C. The number of carbonyl (C=O) groups excluding carboxylic acids is 1. The van der Waals surface area contributed by atoms with Crippen LogP contribution >= 0.6 is 0 Å². The highest BCUT2D eigenvalue weighted by Crippen LogP contribution is 2.70. The summed E-state index contributed by atoms with van der Waals surface area (Å²) in [5.41, 5.74) is 2.80. The van der Waals surface area contributed by atoms with Crippen LogP contribution in [-0.4, -0.2) is 24.3 Å². The van der Waals surface area contributed by atoms with E-state index in [1.54, 1.807) is 0 Å². The Bertz CT molecular complexity index is 1020. The van der Waals surface area contributed by atoms with Gasteiger partial charge in [-0.2, -0.15) is 0 Å². The predicted octanol–water partition coefficient (Wildman–Crippen LogP) is 8.24. The van der Waals surface area contributed by atoms with E-state index in [0.717, 1.165) is 49.4 Å². The maximum absolute atomic E-state index is 12.7. The average Bonchev–Trinajstić information content (AvgIpc) is 3.36. The van der Waals surface area contributed by atoms with Crippen LogP contribution in [0.4, 0.5) is 0 Å². The fourth-order valence-corrected chi connectivity index (χ4v) is 10.5. The molecule has 0 bridgehead atoms. The molecule has 4 aliphatic carbocycles. The van der Waals surface area contributed by atoms with Crippen molar-refractivity contribution >= 4 is 5.97 Å². The van der Waals surface area contributed by atoms with Crippen molar-refractivity contribution in [2.45, 2.75) is 110 Å². The zero-order valence-electron chi connectivity index (χ0n) is 23.6. The van der Waals surface area contributed by atoms with E-state index < -0.39 is 0 Å². The lowest BCUT2D eigenvalue weighted by atomic mass is 9.44. The Morgan fingerprint density at radius 1 is 1.03 bits per heavy atom. The topological polar surface area (TPSA) is 35.5 Å². The highest BCUT2D eigenvalue weighted by atomic mass is 16.5. The molecule has 5 fully saturated rings. The van der Waals surface area contributed by atoms with Gasteiger partial charge in [0.2, 0.25) is 0 Å². The van der Waals surface area contributed by atoms with Crippen LogP contribution < -0.4 is 0 Å². The van der Waals surface area contributed by atoms with E-state index in [1.807, 2.05) is 30.3 Å². The Balaban J connectivity index is 1.13. The molecule has 1 aliphatic heterocycles. The molecule has 0 radical (unpaired) electrons. The van der Waals surface area contributed by atoms with Gasteiger partial charge in [-0.1, -0.05) is 44.5 Å². The number of esters is 1. The number of hydrogen-bond donors (Lipinski definition) is 0. The fraction of sp³-hybridized carbons (Fsp3) is 0.735. The molecule has 3 unspecified atom stereocenters. The van der Waals surface area contributed by atoms with Crippen LogP contribution in [-0.2, 0) is 9.47 Å². The Morgan fingerprint density at radius 3 is 2.54 bits per heavy atom. The third-order valence-corrected chi connectivity index (χ3v) is 12.3. The van der Waals surface area contributed by atoms with Gasteiger partial charge in [0, 0.05) is 0 Å². The van der Waals surface area contributed by atoms with Crippen LogP contribution in [0.2, 0.25) is 0 Å². The van der Waals surface area contributed by atoms with Gasteiger partial charge >= 0.3 is 5.97 Å². The molecule has 0 amide bonds. The van der Waals surface area contributed by atoms with E-state index in [2.05, 4.69) is 34.3 Å². The second-order valence-corrected chi connectivity index (χ2v) is 14.2. The molecule has 1 aromatic carbocycles. The van der Waals surface area contributed by atoms with Crippen molar-refractivity contribution in [1.82, 2.24) is 0 Å². The van der Waals surface area contributed by atoms with Crippen LogP contribution in [0.5, 0.6) is 0 Å². The summed E-state index contributed by atoms with van der Waals surface area (Å²) in [6.45, 7) is 14.0. The third kappa shape index (κ3) is 4.23. The van der Waals surface area contributed by atoms with E-state index in [9.17, 15) is 4.79 Å². The van der Waals surface area contributed by atoms with Crippen molar-refractivity contribution in [1.29, 1.82) is 0 Å². The molecule has 37 heavy (non-hydrogen) atoms. The van der Waals surface area contributed by atoms with E-state index in [0.29, 0.717) is 40.4 Å². The minimum Gasteiger partial charge on any atom is -0.459 e. The molecule has 3 nitrogen and oxygen atoms in total. The molecule has 202 valence electrons. The molecular formula is C34H48O3. The van der Waals surface area contributed by atoms with Gasteiger partial charge in [-0.05, 0) is 130 Å². The lowest BCUT2D eigenvalue weighted by Crippen LogP contribution is -2.54. The van der Waals surface area contributed by atoms with Gasteiger partial charge in [-0.15, -0.1) is 6.58 Å². The van der Waals surface area contributed by atoms with Crippen LogP contribution in [0.1, 0.15) is 102 Å². The summed E-state index contributed by atoms with van der Waals surface area (Å²) in [6, 6.07) is 9.51. The monoisotopic (exact) mass is 504 g/mol. The quantitative estimate of drug-likeness (QED) is 0.299. The van der Waals surface area contributed by atoms with Crippen LogP contribution in [0, 0.1) is 46.3 Å². The maximum Gasteiger partial charge on any atom is 0.338 e. The molecule has 1 heterocycles. The average molecular weight is 505 g/mol. The van der Waals surface area contributed by atoms with Crippen molar-refractivity contribution in [3.8, 4) is 0 Å². The van der Waals surface area contributed by atoms with E-state index in [1.165, 1.54) is 44.1 Å². The van der Waals surface area contributed by atoms with E-state index >= 15 is 0 Å². The highest BCUT2D eigenvalue weighted by molar-refractivity contribution is 5.89. The van der Waals surface area contributed by atoms with Crippen molar-refractivity contribution < 1.29 is 14.3 Å². The minimum atomic E-state index is -0.149. The zero-order valence-corrected chi connectivity index (χ0v) is 23.6. The smallest absolute Gasteiger partial charge is 0.338 e. The van der Waals surface area contributed by atoms with Crippen LogP contribution in [0.15, 0.2) is 42.5 Å². The Morgan fingerprint density at radius 2 is 1.78 bits per heavy atom. The summed E-state index contributed by atoms with van der Waals surface area (Å²) >= 11 is 0. The summed E-state index contributed by atoms with van der Waals surface area (Å²) in [7, 11) is 0. The number of rotatable bonds is 5. The number of fused-ring (bicyclic) bond motifs is 7. The number of hydrogen-bond acceptors (Lipinski definition) is 3. The van der Waals surface area contributed by atoms with Gasteiger partial charge in [-0.3, -0.25) is 0 Å². The lowest BCUT2D eigenvalue weighted by Gasteiger charge is -2.61. The Hall–Kier alpha value is -1.61. The molecule has 3 heteroatoms. The molecule has 5 aliphatic rings. The highest BCUT2D eigenvalue weighted by Gasteiger charge is 2.65. The molecule has 4 saturated carbocycles. The Labute approximate surface area is 224 Å². The van der Waals surface area contributed by atoms with Gasteiger partial charge in [0.05, 0.1) is 17.8 Å². The summed E-state index contributed by atoms with van der Waals surface area (Å²) in [5.74, 6) is 4.41. The Kier molecular flexibility index (Phi) is 6.62. The summed E-state index contributed by atoms with van der Waals surface area (Å²) in [5, 5.41) is 0. The van der Waals surface area contributed by atoms with Crippen molar-refractivity contribution in [2.24, 2.45) is 46.3 Å². The first-order chi connectivity index (χ1) is 17.7. The van der Waals surface area contributed by atoms with Gasteiger partial charge in [0.15, 0.2) is 0 Å². The first-order valence-corrected chi connectivity index (χ1v) is 15.3. The molecule has 0 N–H and O–H groups in total. The summed E-state index contributed by atoms with van der Waals surface area (Å²) in [4.78, 5) is 12.7. The largest absolute Gasteiger partial charge is 0.459 e. The standard InChI is InChI=1S/C34H48O3/c1-21(2)11-14-29-22(3)31-30(37-29)20-28-26-13-12-24-19-25(36-32(35)23-9-7-6-8-10-23)15-17-33(24,4)27(26)16-18-34(28,31)5/h6-10,22,24-31H,1,11-20H2,2-5H3/t22-,24?,25?,26-,27+,28+,29?,30+,31+,33+,34+/m1/s1. The second kappa shape index (κ2) is 9.54. The zero-order chi connectivity index (χ0) is 25.9. The molecule has 1 saturated heterocycles. The first kappa shape index (κ1) is 25.7. The normalized spacial score (nSPS) is 46.3. The summed E-state index contributed by atoms with van der Waals surface area (Å²) < 4.78 is 12.9. The van der Waals surface area contributed by atoms with Gasteiger partial charge < -0.3 is 9.47 Å².